The van der Waals surface area contributed by atoms with Crippen LogP contribution in [0.5, 0.6) is 0 Å². The van der Waals surface area contributed by atoms with E-state index in [1.54, 1.807) is 30.7 Å². The molecule has 33 heavy (non-hydrogen) atoms. The molecule has 0 amide bonds. The first-order valence-electron chi connectivity index (χ1n) is 10.6. The number of hydrogen-bond acceptors (Lipinski definition) is 6. The summed E-state index contributed by atoms with van der Waals surface area (Å²) in [6, 6.07) is 15.7. The summed E-state index contributed by atoms with van der Waals surface area (Å²) >= 11 is 0. The Morgan fingerprint density at radius 2 is 1.73 bits per heavy atom. The number of rotatable bonds is 6. The molecule has 0 spiro atoms. The predicted molar refractivity (Wildman–Crippen MR) is 123 cm³/mol. The molecule has 0 atom stereocenters. The minimum absolute atomic E-state index is 0.324. The maximum absolute atomic E-state index is 13.6. The van der Waals surface area contributed by atoms with Gasteiger partial charge in [-0.2, -0.15) is 10.1 Å². The zero-order valence-electron chi connectivity index (χ0n) is 18.2. The second-order valence-electron chi connectivity index (χ2n) is 8.48. The second-order valence-corrected chi connectivity index (χ2v) is 8.48. The Balaban J connectivity index is 1.65. The third-order valence-corrected chi connectivity index (χ3v) is 5.30. The summed E-state index contributed by atoms with van der Waals surface area (Å²) in [4.78, 5) is 13.4. The average Bonchev–Trinajstić information content (AvgIpc) is 3.43. The molecule has 0 bridgehead atoms. The zero-order chi connectivity index (χ0) is 23.0. The van der Waals surface area contributed by atoms with E-state index in [1.807, 2.05) is 36.5 Å². The fraction of sp³-hybridized carbons (Fsp3) is 0.200. The third kappa shape index (κ3) is 4.38. The van der Waals surface area contributed by atoms with Gasteiger partial charge in [-0.25, -0.2) is 14.4 Å². The molecule has 1 N–H and O–H groups in total. The van der Waals surface area contributed by atoms with Gasteiger partial charge in [0.1, 0.15) is 23.5 Å². The number of aryl methyl sites for hydroxylation is 1. The van der Waals surface area contributed by atoms with Crippen LogP contribution in [0, 0.1) is 5.82 Å². The molecule has 2 aromatic carbocycles. The highest BCUT2D eigenvalue weighted by Gasteiger charge is 2.22. The van der Waals surface area contributed by atoms with E-state index < -0.39 is 5.60 Å². The SMILES string of the molecule is CC(C)(O)CCn1cc(-c2ncnc3oc(-c4ccccc4)nc23)c(-c2ccc(F)cc2)n1. The van der Waals surface area contributed by atoms with Gasteiger partial charge in [0.05, 0.1) is 5.60 Å². The third-order valence-electron chi connectivity index (χ3n) is 5.30. The Morgan fingerprint density at radius 3 is 2.45 bits per heavy atom. The van der Waals surface area contributed by atoms with Crippen molar-refractivity contribution in [3.8, 4) is 34.0 Å². The van der Waals surface area contributed by atoms with E-state index in [-0.39, 0.29) is 5.82 Å². The monoisotopic (exact) mass is 443 g/mol. The van der Waals surface area contributed by atoms with Crippen molar-refractivity contribution in [1.29, 1.82) is 0 Å². The molecule has 3 aromatic heterocycles. The van der Waals surface area contributed by atoms with Gasteiger partial charge >= 0.3 is 0 Å². The van der Waals surface area contributed by atoms with Gasteiger partial charge in [0.25, 0.3) is 5.71 Å². The van der Waals surface area contributed by atoms with Crippen LogP contribution in [0.4, 0.5) is 4.39 Å². The molecule has 0 saturated carbocycles. The number of aromatic nitrogens is 5. The van der Waals surface area contributed by atoms with E-state index in [1.165, 1.54) is 18.5 Å². The number of aliphatic hydroxyl groups is 1. The van der Waals surface area contributed by atoms with Crippen LogP contribution in [0.3, 0.4) is 0 Å². The number of hydrogen-bond donors (Lipinski definition) is 1. The lowest BCUT2D eigenvalue weighted by Crippen LogP contribution is -2.21. The molecule has 0 fully saturated rings. The van der Waals surface area contributed by atoms with Gasteiger partial charge in [-0.1, -0.05) is 18.2 Å². The van der Waals surface area contributed by atoms with Crippen LogP contribution >= 0.6 is 0 Å². The number of nitrogens with zero attached hydrogens (tertiary/aromatic N) is 5. The molecule has 0 unspecified atom stereocenters. The Bertz CT molecular complexity index is 1400. The maximum Gasteiger partial charge on any atom is 0.251 e. The average molecular weight is 443 g/mol. The van der Waals surface area contributed by atoms with E-state index in [0.29, 0.717) is 41.5 Å². The van der Waals surface area contributed by atoms with E-state index in [2.05, 4.69) is 15.0 Å². The molecular weight excluding hydrogens is 421 g/mol. The molecule has 0 radical (unpaired) electrons. The molecule has 0 aliphatic carbocycles. The van der Waals surface area contributed by atoms with Crippen molar-refractivity contribution >= 4 is 11.2 Å². The highest BCUT2D eigenvalue weighted by atomic mass is 19.1. The summed E-state index contributed by atoms with van der Waals surface area (Å²) in [5.74, 6) is 0.125. The summed E-state index contributed by atoms with van der Waals surface area (Å²) in [6.07, 6.45) is 3.81. The summed E-state index contributed by atoms with van der Waals surface area (Å²) in [7, 11) is 0. The topological polar surface area (TPSA) is 89.9 Å². The van der Waals surface area contributed by atoms with Crippen molar-refractivity contribution in [2.75, 3.05) is 0 Å². The van der Waals surface area contributed by atoms with Gasteiger partial charge in [0.15, 0.2) is 5.52 Å². The van der Waals surface area contributed by atoms with Crippen molar-refractivity contribution in [3.63, 3.8) is 0 Å². The first kappa shape index (κ1) is 21.0. The van der Waals surface area contributed by atoms with E-state index in [9.17, 15) is 9.50 Å². The molecule has 8 heteroatoms. The minimum Gasteiger partial charge on any atom is -0.418 e. The van der Waals surface area contributed by atoms with Crippen LogP contribution in [0.15, 0.2) is 71.5 Å². The number of fused-ring (bicyclic) bond motifs is 1. The first-order valence-corrected chi connectivity index (χ1v) is 10.6. The van der Waals surface area contributed by atoms with Crippen molar-refractivity contribution in [2.45, 2.75) is 32.4 Å². The minimum atomic E-state index is -0.832. The quantitative estimate of drug-likeness (QED) is 0.392. The largest absolute Gasteiger partial charge is 0.418 e. The normalized spacial score (nSPS) is 11.9. The molecule has 0 aliphatic heterocycles. The van der Waals surface area contributed by atoms with Crippen LogP contribution < -0.4 is 0 Å². The van der Waals surface area contributed by atoms with Crippen molar-refractivity contribution < 1.29 is 13.9 Å². The van der Waals surface area contributed by atoms with E-state index in [4.69, 9.17) is 9.52 Å². The van der Waals surface area contributed by atoms with Gasteiger partial charge in [-0.05, 0) is 56.7 Å². The summed E-state index contributed by atoms with van der Waals surface area (Å²) < 4.78 is 21.2. The first-order chi connectivity index (χ1) is 15.9. The van der Waals surface area contributed by atoms with Crippen LogP contribution in [0.25, 0.3) is 45.2 Å². The lowest BCUT2D eigenvalue weighted by Gasteiger charge is -2.16. The molecule has 7 nitrogen and oxygen atoms in total. The predicted octanol–water partition coefficient (Wildman–Crippen LogP) is 5.12. The Morgan fingerprint density at radius 1 is 0.970 bits per heavy atom. The highest BCUT2D eigenvalue weighted by molar-refractivity contribution is 5.92. The maximum atomic E-state index is 13.6. The van der Waals surface area contributed by atoms with Crippen LogP contribution in [0.1, 0.15) is 20.3 Å². The van der Waals surface area contributed by atoms with Crippen LogP contribution in [-0.2, 0) is 6.54 Å². The molecule has 0 saturated heterocycles. The fourth-order valence-electron chi connectivity index (χ4n) is 3.57. The molecule has 3 heterocycles. The number of halogens is 1. The lowest BCUT2D eigenvalue weighted by atomic mass is 10.1. The Labute approximate surface area is 189 Å². The van der Waals surface area contributed by atoms with E-state index in [0.717, 1.165) is 16.7 Å². The van der Waals surface area contributed by atoms with Gasteiger partial charge in [0.2, 0.25) is 5.89 Å². The van der Waals surface area contributed by atoms with Crippen molar-refractivity contribution in [3.05, 3.63) is 72.9 Å². The summed E-state index contributed by atoms with van der Waals surface area (Å²) in [6.45, 7) is 4.01. The van der Waals surface area contributed by atoms with Crippen LogP contribution in [0.2, 0.25) is 0 Å². The second kappa shape index (κ2) is 8.22. The molecule has 166 valence electrons. The Hall–Kier alpha value is -3.91. The highest BCUT2D eigenvalue weighted by Crippen LogP contribution is 2.35. The van der Waals surface area contributed by atoms with E-state index >= 15 is 0 Å². The van der Waals surface area contributed by atoms with Gasteiger partial charge < -0.3 is 9.52 Å². The summed E-state index contributed by atoms with van der Waals surface area (Å²) in [5, 5.41) is 14.9. The fourth-order valence-corrected chi connectivity index (χ4v) is 3.57. The summed E-state index contributed by atoms with van der Waals surface area (Å²) in [5.41, 5.74) is 3.55. The van der Waals surface area contributed by atoms with Gasteiger partial charge in [0, 0.05) is 29.4 Å². The van der Waals surface area contributed by atoms with Crippen molar-refractivity contribution in [1.82, 2.24) is 24.7 Å². The lowest BCUT2D eigenvalue weighted by molar-refractivity contribution is 0.0651. The molecule has 5 aromatic rings. The van der Waals surface area contributed by atoms with Gasteiger partial charge in [-0.3, -0.25) is 4.68 Å². The number of benzene rings is 2. The molecule has 0 aliphatic rings. The number of oxazole rings is 1. The molecular formula is C25H22FN5O2. The Kier molecular flexibility index (Phi) is 5.22. The smallest absolute Gasteiger partial charge is 0.251 e. The molecule has 5 rings (SSSR count). The standard InChI is InChI=1S/C25H22FN5O2/c1-25(2,32)12-13-31-14-19(20(30-31)16-8-10-18(26)11-9-16)21-22-24(28-15-27-21)33-23(29-22)17-6-4-3-5-7-17/h3-11,14-15,32H,12-13H2,1-2H3. The van der Waals surface area contributed by atoms with Gasteiger partial charge in [-0.15, -0.1) is 0 Å². The van der Waals surface area contributed by atoms with Crippen LogP contribution in [-0.4, -0.2) is 35.4 Å². The zero-order valence-corrected chi connectivity index (χ0v) is 18.2. The van der Waals surface area contributed by atoms with Crippen molar-refractivity contribution in [2.24, 2.45) is 0 Å².